The van der Waals surface area contributed by atoms with Crippen LogP contribution in [0, 0.1) is 13.8 Å². The molecule has 7 heteroatoms. The molecule has 6 nitrogen and oxygen atoms in total. The quantitative estimate of drug-likeness (QED) is 0.684. The molecule has 1 rings (SSSR count). The molecule has 118 valence electrons. The van der Waals surface area contributed by atoms with Crippen molar-refractivity contribution in [2.45, 2.75) is 45.1 Å². The van der Waals surface area contributed by atoms with Crippen LogP contribution in [0.4, 0.5) is 5.69 Å². The Morgan fingerprint density at radius 1 is 1.29 bits per heavy atom. The van der Waals surface area contributed by atoms with Gasteiger partial charge in [0.1, 0.15) is 0 Å². The number of hydrogen-bond donors (Lipinski definition) is 3. The number of sulfonamides is 1. The van der Waals surface area contributed by atoms with Gasteiger partial charge in [0.25, 0.3) is 0 Å². The molecule has 4 N–H and O–H groups in total. The fourth-order valence-corrected chi connectivity index (χ4v) is 2.94. The number of nitrogens with one attached hydrogen (secondary N) is 2. The third kappa shape index (κ3) is 5.02. The van der Waals surface area contributed by atoms with E-state index in [1.54, 1.807) is 13.0 Å². The van der Waals surface area contributed by atoms with E-state index < -0.39 is 10.0 Å². The van der Waals surface area contributed by atoms with E-state index in [0.717, 1.165) is 11.1 Å². The number of anilines is 1. The molecule has 1 aromatic rings. The number of carbonyl (C=O) groups excluding carboxylic acids is 1. The highest BCUT2D eigenvalue weighted by Gasteiger charge is 2.16. The molecule has 0 aliphatic rings. The molecule has 0 fully saturated rings. The normalized spacial score (nSPS) is 11.7. The number of benzene rings is 1. The first-order valence-electron chi connectivity index (χ1n) is 6.79. The monoisotopic (exact) mass is 313 g/mol. The predicted octanol–water partition coefficient (Wildman–Crippen LogP) is 1.08. The number of nitrogens with two attached hydrogens (primary N) is 1. The van der Waals surface area contributed by atoms with Gasteiger partial charge in [0.2, 0.25) is 15.9 Å². The fourth-order valence-electron chi connectivity index (χ4n) is 1.78. The van der Waals surface area contributed by atoms with Crippen molar-refractivity contribution >= 4 is 21.6 Å². The Kier molecular flexibility index (Phi) is 5.74. The Morgan fingerprint density at radius 2 is 1.90 bits per heavy atom. The van der Waals surface area contributed by atoms with E-state index in [1.807, 2.05) is 20.8 Å². The van der Waals surface area contributed by atoms with Crippen molar-refractivity contribution in [2.24, 2.45) is 0 Å². The van der Waals surface area contributed by atoms with Crippen LogP contribution in [0.25, 0.3) is 0 Å². The van der Waals surface area contributed by atoms with E-state index in [9.17, 15) is 13.2 Å². The number of carbonyl (C=O) groups is 1. The number of hydrogen-bond acceptors (Lipinski definition) is 4. The molecule has 0 bridgehead atoms. The minimum absolute atomic E-state index is 0.0358. The van der Waals surface area contributed by atoms with Crippen molar-refractivity contribution in [3.63, 3.8) is 0 Å². The Morgan fingerprint density at radius 3 is 2.43 bits per heavy atom. The van der Waals surface area contributed by atoms with Gasteiger partial charge in [0.15, 0.2) is 0 Å². The molecule has 0 atom stereocenters. The van der Waals surface area contributed by atoms with Gasteiger partial charge >= 0.3 is 0 Å². The van der Waals surface area contributed by atoms with Gasteiger partial charge in [-0.05, 0) is 51.0 Å². The van der Waals surface area contributed by atoms with Crippen LogP contribution >= 0.6 is 0 Å². The topological polar surface area (TPSA) is 101 Å². The van der Waals surface area contributed by atoms with Gasteiger partial charge in [-0.15, -0.1) is 0 Å². The molecular formula is C14H23N3O3S. The van der Waals surface area contributed by atoms with Crippen LogP contribution in [0.3, 0.4) is 0 Å². The number of aryl methyl sites for hydroxylation is 1. The van der Waals surface area contributed by atoms with Crippen molar-refractivity contribution in [3.05, 3.63) is 23.3 Å². The van der Waals surface area contributed by atoms with Crippen LogP contribution in [0.2, 0.25) is 0 Å². The van der Waals surface area contributed by atoms with Gasteiger partial charge < -0.3 is 11.1 Å². The lowest BCUT2D eigenvalue weighted by Gasteiger charge is -2.11. The van der Waals surface area contributed by atoms with Crippen molar-refractivity contribution in [2.75, 3.05) is 12.3 Å². The molecule has 0 aliphatic carbocycles. The third-order valence-electron chi connectivity index (χ3n) is 3.09. The van der Waals surface area contributed by atoms with Gasteiger partial charge in [0, 0.05) is 24.7 Å². The highest BCUT2D eigenvalue weighted by Crippen LogP contribution is 2.21. The smallest absolute Gasteiger partial charge is 0.240 e. The summed E-state index contributed by atoms with van der Waals surface area (Å²) in [5.41, 5.74) is 7.91. The molecule has 0 radical (unpaired) electrons. The number of amides is 1. The van der Waals surface area contributed by atoms with Crippen molar-refractivity contribution in [3.8, 4) is 0 Å². The molecule has 21 heavy (non-hydrogen) atoms. The Labute approximate surface area is 126 Å². The summed E-state index contributed by atoms with van der Waals surface area (Å²) < 4.78 is 26.7. The van der Waals surface area contributed by atoms with Gasteiger partial charge in [-0.3, -0.25) is 4.79 Å². The van der Waals surface area contributed by atoms with E-state index >= 15 is 0 Å². The van der Waals surface area contributed by atoms with Gasteiger partial charge in [0.05, 0.1) is 4.90 Å². The molecule has 0 saturated heterocycles. The second-order valence-corrected chi connectivity index (χ2v) is 7.09. The maximum Gasteiger partial charge on any atom is 0.240 e. The maximum atomic E-state index is 12.2. The average Bonchev–Trinajstić information content (AvgIpc) is 2.34. The minimum Gasteiger partial charge on any atom is -0.398 e. The van der Waals surface area contributed by atoms with Crippen LogP contribution in [0.15, 0.2) is 17.0 Å². The highest BCUT2D eigenvalue weighted by molar-refractivity contribution is 7.89. The molecule has 0 spiro atoms. The summed E-state index contributed by atoms with van der Waals surface area (Å²) in [5.74, 6) is -0.188. The maximum absolute atomic E-state index is 12.2. The average molecular weight is 313 g/mol. The third-order valence-corrected chi connectivity index (χ3v) is 4.53. The highest BCUT2D eigenvalue weighted by atomic mass is 32.2. The summed E-state index contributed by atoms with van der Waals surface area (Å²) in [5, 5.41) is 2.70. The van der Waals surface area contributed by atoms with Crippen LogP contribution in [0.5, 0.6) is 0 Å². The van der Waals surface area contributed by atoms with Gasteiger partial charge in [-0.2, -0.15) is 0 Å². The second kappa shape index (κ2) is 6.91. The molecule has 0 aromatic heterocycles. The largest absolute Gasteiger partial charge is 0.398 e. The lowest BCUT2D eigenvalue weighted by atomic mass is 10.1. The van der Waals surface area contributed by atoms with Crippen LogP contribution < -0.4 is 15.8 Å². The summed E-state index contributed by atoms with van der Waals surface area (Å²) in [6.45, 7) is 7.39. The molecule has 0 unspecified atom stereocenters. The summed E-state index contributed by atoms with van der Waals surface area (Å²) in [4.78, 5) is 11.6. The zero-order chi connectivity index (χ0) is 16.2. The first-order valence-corrected chi connectivity index (χ1v) is 8.27. The summed E-state index contributed by atoms with van der Waals surface area (Å²) in [6, 6.07) is 3.04. The van der Waals surface area contributed by atoms with E-state index in [-0.39, 0.29) is 29.8 Å². The predicted molar refractivity (Wildman–Crippen MR) is 83.4 cm³/mol. The molecule has 0 aliphatic heterocycles. The SMILES string of the molecule is Cc1cc(S(=O)(=O)NCCC(=O)NC(C)C)cc(N)c1C. The number of nitrogen functional groups attached to an aromatic ring is 1. The molecular weight excluding hydrogens is 290 g/mol. The van der Waals surface area contributed by atoms with E-state index in [1.165, 1.54) is 6.07 Å². The van der Waals surface area contributed by atoms with Crippen LogP contribution in [-0.2, 0) is 14.8 Å². The Balaban J connectivity index is 2.72. The van der Waals surface area contributed by atoms with E-state index in [0.29, 0.717) is 5.69 Å². The first kappa shape index (κ1) is 17.5. The second-order valence-electron chi connectivity index (χ2n) is 5.32. The fraction of sp³-hybridized carbons (Fsp3) is 0.500. The number of rotatable bonds is 6. The van der Waals surface area contributed by atoms with E-state index in [2.05, 4.69) is 10.0 Å². The van der Waals surface area contributed by atoms with Crippen molar-refractivity contribution in [1.29, 1.82) is 0 Å². The molecule has 1 amide bonds. The Bertz CT molecular complexity index is 601. The molecule has 1 aromatic carbocycles. The van der Waals surface area contributed by atoms with Crippen LogP contribution in [-0.4, -0.2) is 26.9 Å². The lowest BCUT2D eigenvalue weighted by Crippen LogP contribution is -2.34. The van der Waals surface area contributed by atoms with Gasteiger partial charge in [-0.25, -0.2) is 13.1 Å². The molecule has 0 heterocycles. The summed E-state index contributed by atoms with van der Waals surface area (Å²) in [7, 11) is -3.66. The summed E-state index contributed by atoms with van der Waals surface area (Å²) >= 11 is 0. The zero-order valence-corrected chi connectivity index (χ0v) is 13.7. The lowest BCUT2D eigenvalue weighted by molar-refractivity contribution is -0.121. The van der Waals surface area contributed by atoms with Crippen molar-refractivity contribution in [1.82, 2.24) is 10.0 Å². The first-order chi connectivity index (χ1) is 9.63. The van der Waals surface area contributed by atoms with Crippen LogP contribution in [0.1, 0.15) is 31.4 Å². The summed E-state index contributed by atoms with van der Waals surface area (Å²) in [6.07, 6.45) is 0.0950. The zero-order valence-electron chi connectivity index (χ0n) is 12.9. The standard InChI is InChI=1S/C14H23N3O3S/c1-9(2)17-14(18)5-6-16-21(19,20)12-7-10(3)11(4)13(15)8-12/h7-9,16H,5-6,15H2,1-4H3,(H,17,18). The Hall–Kier alpha value is -1.60. The van der Waals surface area contributed by atoms with E-state index in [4.69, 9.17) is 5.73 Å². The van der Waals surface area contributed by atoms with Crippen molar-refractivity contribution < 1.29 is 13.2 Å². The van der Waals surface area contributed by atoms with Gasteiger partial charge in [-0.1, -0.05) is 0 Å². The minimum atomic E-state index is -3.66. The molecule has 0 saturated carbocycles.